The number of hydrogen-bond acceptors (Lipinski definition) is 3. The van der Waals surface area contributed by atoms with E-state index in [1.54, 1.807) is 23.8 Å². The number of carboxylic acids is 1. The summed E-state index contributed by atoms with van der Waals surface area (Å²) in [7, 11) is 0. The van der Waals surface area contributed by atoms with Crippen molar-refractivity contribution in [3.05, 3.63) is 34.7 Å². The lowest BCUT2D eigenvalue weighted by Gasteiger charge is -2.22. The number of aliphatic carboxylic acids is 1. The summed E-state index contributed by atoms with van der Waals surface area (Å²) in [6.07, 6.45) is 1.75. The first-order valence-corrected chi connectivity index (χ1v) is 6.15. The van der Waals surface area contributed by atoms with Gasteiger partial charge in [0.1, 0.15) is 0 Å². The zero-order valence-corrected chi connectivity index (χ0v) is 10.9. The summed E-state index contributed by atoms with van der Waals surface area (Å²) in [6, 6.07) is 5.05. The molecular formula is C13H20N2O3. The van der Waals surface area contributed by atoms with E-state index in [2.05, 4.69) is 0 Å². The monoisotopic (exact) mass is 252 g/mol. The van der Waals surface area contributed by atoms with Crippen LogP contribution >= 0.6 is 0 Å². The molecule has 0 radical (unpaired) electrons. The topological polar surface area (TPSA) is 62.5 Å². The summed E-state index contributed by atoms with van der Waals surface area (Å²) in [4.78, 5) is 24.3. The Morgan fingerprint density at radius 1 is 1.50 bits per heavy atom. The van der Waals surface area contributed by atoms with Crippen molar-refractivity contribution >= 4 is 5.97 Å². The minimum Gasteiger partial charge on any atom is -0.481 e. The Hall–Kier alpha value is -1.62. The van der Waals surface area contributed by atoms with E-state index >= 15 is 0 Å². The Kier molecular flexibility index (Phi) is 5.58. The zero-order valence-electron chi connectivity index (χ0n) is 10.9. The van der Waals surface area contributed by atoms with E-state index < -0.39 is 11.9 Å². The van der Waals surface area contributed by atoms with E-state index in [0.29, 0.717) is 19.6 Å². The highest BCUT2D eigenvalue weighted by atomic mass is 16.4. The third-order valence-corrected chi connectivity index (χ3v) is 2.96. The Labute approximate surface area is 107 Å². The van der Waals surface area contributed by atoms with Gasteiger partial charge in [-0.05, 0) is 12.6 Å². The van der Waals surface area contributed by atoms with Crippen molar-refractivity contribution in [2.45, 2.75) is 20.4 Å². The van der Waals surface area contributed by atoms with E-state index in [4.69, 9.17) is 5.11 Å². The molecule has 1 atom stereocenters. The minimum atomic E-state index is -0.787. The zero-order chi connectivity index (χ0) is 13.5. The molecule has 1 unspecified atom stereocenters. The number of pyridine rings is 1. The Bertz CT molecular complexity index is 442. The predicted octanol–water partition coefficient (Wildman–Crippen LogP) is 0.891. The third-order valence-electron chi connectivity index (χ3n) is 2.96. The summed E-state index contributed by atoms with van der Waals surface area (Å²) in [5.41, 5.74) is -0.0279. The van der Waals surface area contributed by atoms with Crippen molar-refractivity contribution in [3.8, 4) is 0 Å². The molecule has 0 aliphatic carbocycles. The molecule has 0 bridgehead atoms. The quantitative estimate of drug-likeness (QED) is 0.783. The van der Waals surface area contributed by atoms with Crippen LogP contribution in [0.15, 0.2) is 29.2 Å². The highest BCUT2D eigenvalue weighted by molar-refractivity contribution is 5.69. The van der Waals surface area contributed by atoms with E-state index in [1.807, 2.05) is 17.9 Å². The van der Waals surface area contributed by atoms with Gasteiger partial charge >= 0.3 is 5.97 Å². The van der Waals surface area contributed by atoms with Gasteiger partial charge in [-0.3, -0.25) is 9.59 Å². The normalized spacial score (nSPS) is 12.6. The largest absolute Gasteiger partial charge is 0.481 e. The molecule has 0 aliphatic heterocycles. The number of carbonyl (C=O) groups is 1. The smallest absolute Gasteiger partial charge is 0.307 e. The van der Waals surface area contributed by atoms with Gasteiger partial charge < -0.3 is 14.6 Å². The fourth-order valence-electron chi connectivity index (χ4n) is 1.74. The predicted molar refractivity (Wildman–Crippen MR) is 69.6 cm³/mol. The molecule has 5 nitrogen and oxygen atoms in total. The van der Waals surface area contributed by atoms with E-state index in [9.17, 15) is 9.59 Å². The molecule has 0 amide bonds. The molecular weight excluding hydrogens is 232 g/mol. The lowest BCUT2D eigenvalue weighted by Crippen LogP contribution is -2.35. The summed E-state index contributed by atoms with van der Waals surface area (Å²) < 4.78 is 1.63. The molecule has 5 heteroatoms. The van der Waals surface area contributed by atoms with Crippen LogP contribution < -0.4 is 5.56 Å². The first kappa shape index (κ1) is 14.4. The average Bonchev–Trinajstić information content (AvgIpc) is 2.35. The summed E-state index contributed by atoms with van der Waals surface area (Å²) in [6.45, 7) is 6.23. The highest BCUT2D eigenvalue weighted by Crippen LogP contribution is 2.00. The van der Waals surface area contributed by atoms with E-state index in [-0.39, 0.29) is 5.56 Å². The number of likely N-dealkylation sites (N-methyl/N-ethyl adjacent to an activating group) is 1. The SMILES string of the molecule is CCN(CCn1ccccc1=O)CC(C)C(=O)O. The molecule has 0 aromatic carbocycles. The summed E-state index contributed by atoms with van der Waals surface area (Å²) in [5, 5.41) is 8.87. The molecule has 1 aromatic heterocycles. The number of aromatic nitrogens is 1. The Morgan fingerprint density at radius 3 is 2.78 bits per heavy atom. The number of hydrogen-bond donors (Lipinski definition) is 1. The second-order valence-corrected chi connectivity index (χ2v) is 4.36. The molecule has 0 spiro atoms. The molecule has 0 aliphatic rings. The summed E-state index contributed by atoms with van der Waals surface area (Å²) >= 11 is 0. The van der Waals surface area contributed by atoms with Crippen LogP contribution in [0.25, 0.3) is 0 Å². The molecule has 100 valence electrons. The Morgan fingerprint density at radius 2 is 2.22 bits per heavy atom. The molecule has 0 fully saturated rings. The van der Waals surface area contributed by atoms with Gasteiger partial charge in [-0.15, -0.1) is 0 Å². The maximum Gasteiger partial charge on any atom is 0.307 e. The lowest BCUT2D eigenvalue weighted by molar-refractivity contribution is -0.141. The standard InChI is InChI=1S/C13H20N2O3/c1-3-14(10-11(2)13(17)18)8-9-15-7-5-4-6-12(15)16/h4-7,11H,3,8-10H2,1-2H3,(H,17,18). The first-order valence-electron chi connectivity index (χ1n) is 6.15. The van der Waals surface area contributed by atoms with E-state index in [1.165, 1.54) is 6.07 Å². The number of carboxylic acid groups (broad SMARTS) is 1. The van der Waals surface area contributed by atoms with Gasteiger partial charge in [-0.1, -0.05) is 19.9 Å². The molecule has 0 saturated carbocycles. The molecule has 1 N–H and O–H groups in total. The van der Waals surface area contributed by atoms with Gasteiger partial charge in [0.2, 0.25) is 0 Å². The number of nitrogens with zero attached hydrogens (tertiary/aromatic N) is 2. The number of rotatable bonds is 7. The van der Waals surface area contributed by atoms with Crippen molar-refractivity contribution < 1.29 is 9.90 Å². The van der Waals surface area contributed by atoms with Gasteiger partial charge in [-0.2, -0.15) is 0 Å². The molecule has 1 heterocycles. The van der Waals surface area contributed by atoms with E-state index in [0.717, 1.165) is 6.54 Å². The fourth-order valence-corrected chi connectivity index (χ4v) is 1.74. The van der Waals surface area contributed by atoms with Crippen LogP contribution in [-0.2, 0) is 11.3 Å². The van der Waals surface area contributed by atoms with Crippen LogP contribution in [0, 0.1) is 5.92 Å². The van der Waals surface area contributed by atoms with Crippen molar-refractivity contribution in [2.24, 2.45) is 5.92 Å². The maximum atomic E-state index is 11.5. The van der Waals surface area contributed by atoms with Crippen LogP contribution in [0.1, 0.15) is 13.8 Å². The van der Waals surface area contributed by atoms with Gasteiger partial charge in [0.25, 0.3) is 5.56 Å². The third kappa shape index (κ3) is 4.33. The van der Waals surface area contributed by atoms with Crippen LogP contribution in [0.5, 0.6) is 0 Å². The van der Waals surface area contributed by atoms with Crippen molar-refractivity contribution in [2.75, 3.05) is 19.6 Å². The highest BCUT2D eigenvalue weighted by Gasteiger charge is 2.14. The first-order chi connectivity index (χ1) is 8.54. The molecule has 1 aromatic rings. The fraction of sp³-hybridized carbons (Fsp3) is 0.538. The van der Waals surface area contributed by atoms with Gasteiger partial charge in [0, 0.05) is 31.9 Å². The molecule has 1 rings (SSSR count). The van der Waals surface area contributed by atoms with Gasteiger partial charge in [0.05, 0.1) is 5.92 Å². The molecule has 0 saturated heterocycles. The van der Waals surface area contributed by atoms with Crippen molar-refractivity contribution in [1.82, 2.24) is 9.47 Å². The van der Waals surface area contributed by atoms with Crippen LogP contribution in [0.3, 0.4) is 0 Å². The van der Waals surface area contributed by atoms with Gasteiger partial charge in [0.15, 0.2) is 0 Å². The lowest BCUT2D eigenvalue weighted by atomic mass is 10.1. The maximum absolute atomic E-state index is 11.5. The Balaban J connectivity index is 2.52. The second kappa shape index (κ2) is 6.96. The van der Waals surface area contributed by atoms with Crippen LogP contribution in [0.4, 0.5) is 0 Å². The molecule has 18 heavy (non-hydrogen) atoms. The summed E-state index contributed by atoms with van der Waals surface area (Å²) in [5.74, 6) is -1.18. The van der Waals surface area contributed by atoms with Crippen LogP contribution in [-0.4, -0.2) is 40.2 Å². The van der Waals surface area contributed by atoms with Gasteiger partial charge in [-0.25, -0.2) is 0 Å². The van der Waals surface area contributed by atoms with Crippen molar-refractivity contribution in [1.29, 1.82) is 0 Å². The van der Waals surface area contributed by atoms with Crippen molar-refractivity contribution in [3.63, 3.8) is 0 Å². The minimum absolute atomic E-state index is 0.0279. The second-order valence-electron chi connectivity index (χ2n) is 4.36. The van der Waals surface area contributed by atoms with Crippen LogP contribution in [0.2, 0.25) is 0 Å². The average molecular weight is 252 g/mol.